The summed E-state index contributed by atoms with van der Waals surface area (Å²) in [5, 5.41) is 0. The summed E-state index contributed by atoms with van der Waals surface area (Å²) in [6, 6.07) is -0.506. The van der Waals surface area contributed by atoms with Gasteiger partial charge < -0.3 is 9.64 Å². The van der Waals surface area contributed by atoms with Gasteiger partial charge in [0.2, 0.25) is 5.91 Å². The molecule has 0 aromatic rings. The third kappa shape index (κ3) is 5.51. The van der Waals surface area contributed by atoms with E-state index in [0.717, 1.165) is 12.8 Å². The largest absolute Gasteiger partial charge is 0.458 e. The summed E-state index contributed by atoms with van der Waals surface area (Å²) >= 11 is 0. The summed E-state index contributed by atoms with van der Waals surface area (Å²) in [5.74, 6) is 0.162. The molecule has 0 bridgehead atoms. The fourth-order valence-electron chi connectivity index (χ4n) is 2.72. The predicted molar refractivity (Wildman–Crippen MR) is 79.3 cm³/mol. The zero-order valence-corrected chi connectivity index (χ0v) is 13.6. The van der Waals surface area contributed by atoms with Gasteiger partial charge >= 0.3 is 5.97 Å². The molecule has 0 aliphatic heterocycles. The number of carbonyl (C=O) groups excluding carboxylic acids is 2. The Kier molecular flexibility index (Phi) is 6.03. The van der Waals surface area contributed by atoms with Crippen LogP contribution >= 0.6 is 0 Å². The molecule has 1 atom stereocenters. The molecule has 20 heavy (non-hydrogen) atoms. The summed E-state index contributed by atoms with van der Waals surface area (Å²) in [6.45, 7) is 9.50. The molecule has 0 aromatic heterocycles. The summed E-state index contributed by atoms with van der Waals surface area (Å²) in [6.07, 6.45) is 6.07. The molecule has 0 unspecified atom stereocenters. The molecule has 1 saturated carbocycles. The first-order chi connectivity index (χ1) is 9.20. The molecular formula is C16H29NO3. The highest BCUT2D eigenvalue weighted by Crippen LogP contribution is 2.25. The van der Waals surface area contributed by atoms with Crippen molar-refractivity contribution in [3.05, 3.63) is 0 Å². The van der Waals surface area contributed by atoms with Gasteiger partial charge in [-0.1, -0.05) is 19.3 Å². The number of ether oxygens (including phenoxy) is 1. The Labute approximate surface area is 122 Å². The smallest absolute Gasteiger partial charge is 0.329 e. The van der Waals surface area contributed by atoms with Crippen LogP contribution in [0.25, 0.3) is 0 Å². The van der Waals surface area contributed by atoms with Crippen LogP contribution in [0, 0.1) is 5.92 Å². The van der Waals surface area contributed by atoms with Crippen molar-refractivity contribution in [2.24, 2.45) is 5.92 Å². The van der Waals surface area contributed by atoms with Crippen LogP contribution in [-0.2, 0) is 14.3 Å². The number of esters is 1. The van der Waals surface area contributed by atoms with Crippen molar-refractivity contribution < 1.29 is 14.3 Å². The standard InChI is InChI=1S/C16H29NO3/c1-12(15(19)20-16(3,4)5)17(13(2)18)11-14-9-7-6-8-10-14/h12,14H,6-11H2,1-5H3/t12-/m1/s1. The Balaban J connectivity index is 2.64. The molecule has 116 valence electrons. The van der Waals surface area contributed by atoms with E-state index in [9.17, 15) is 9.59 Å². The lowest BCUT2D eigenvalue weighted by atomic mass is 9.88. The molecule has 1 fully saturated rings. The van der Waals surface area contributed by atoms with Crippen LogP contribution in [0.4, 0.5) is 0 Å². The predicted octanol–water partition coefficient (Wildman–Crippen LogP) is 3.15. The van der Waals surface area contributed by atoms with Crippen LogP contribution in [0.3, 0.4) is 0 Å². The van der Waals surface area contributed by atoms with Crippen molar-refractivity contribution in [1.29, 1.82) is 0 Å². The number of nitrogens with zero attached hydrogens (tertiary/aromatic N) is 1. The van der Waals surface area contributed by atoms with E-state index >= 15 is 0 Å². The summed E-state index contributed by atoms with van der Waals surface area (Å²) in [4.78, 5) is 25.6. The van der Waals surface area contributed by atoms with Crippen molar-refractivity contribution in [1.82, 2.24) is 4.90 Å². The van der Waals surface area contributed by atoms with Gasteiger partial charge in [-0.05, 0) is 46.5 Å². The minimum atomic E-state index is -0.515. The Morgan fingerprint density at radius 2 is 1.75 bits per heavy atom. The second-order valence-electron chi connectivity index (χ2n) is 6.88. The quantitative estimate of drug-likeness (QED) is 0.745. The second-order valence-corrected chi connectivity index (χ2v) is 6.88. The zero-order valence-electron chi connectivity index (χ0n) is 13.6. The van der Waals surface area contributed by atoms with Crippen LogP contribution in [-0.4, -0.2) is 35.0 Å². The average Bonchev–Trinajstić information content (AvgIpc) is 2.34. The van der Waals surface area contributed by atoms with Crippen molar-refractivity contribution in [2.45, 2.75) is 78.4 Å². The highest BCUT2D eigenvalue weighted by molar-refractivity contribution is 5.83. The third-order valence-electron chi connectivity index (χ3n) is 3.80. The molecule has 4 heteroatoms. The summed E-state index contributed by atoms with van der Waals surface area (Å²) < 4.78 is 5.39. The SMILES string of the molecule is CC(=O)N(CC1CCCCC1)[C@H](C)C(=O)OC(C)(C)C. The van der Waals surface area contributed by atoms with Crippen LogP contribution in [0.5, 0.6) is 0 Å². The minimum absolute atomic E-state index is 0.0473. The first-order valence-corrected chi connectivity index (χ1v) is 7.71. The van der Waals surface area contributed by atoms with E-state index in [-0.39, 0.29) is 11.9 Å². The van der Waals surface area contributed by atoms with Gasteiger partial charge in [0.25, 0.3) is 0 Å². The molecule has 0 N–H and O–H groups in total. The van der Waals surface area contributed by atoms with Gasteiger partial charge in [0.05, 0.1) is 0 Å². The fraction of sp³-hybridized carbons (Fsp3) is 0.875. The maximum Gasteiger partial charge on any atom is 0.329 e. The zero-order chi connectivity index (χ0) is 15.3. The van der Waals surface area contributed by atoms with E-state index in [0.29, 0.717) is 12.5 Å². The van der Waals surface area contributed by atoms with Gasteiger partial charge in [-0.25, -0.2) is 4.79 Å². The van der Waals surface area contributed by atoms with E-state index in [1.54, 1.807) is 11.8 Å². The molecule has 4 nitrogen and oxygen atoms in total. The highest BCUT2D eigenvalue weighted by atomic mass is 16.6. The molecule has 1 aliphatic rings. The maximum atomic E-state index is 12.1. The van der Waals surface area contributed by atoms with Crippen LogP contribution in [0.1, 0.15) is 66.7 Å². The molecule has 0 aromatic carbocycles. The van der Waals surface area contributed by atoms with Crippen LogP contribution < -0.4 is 0 Å². The highest BCUT2D eigenvalue weighted by Gasteiger charge is 2.30. The number of amides is 1. The molecule has 0 radical (unpaired) electrons. The summed E-state index contributed by atoms with van der Waals surface area (Å²) in [5.41, 5.74) is -0.515. The van der Waals surface area contributed by atoms with Gasteiger partial charge in [0.1, 0.15) is 11.6 Å². The monoisotopic (exact) mass is 283 g/mol. The number of rotatable bonds is 4. The first-order valence-electron chi connectivity index (χ1n) is 7.71. The minimum Gasteiger partial charge on any atom is -0.458 e. The van der Waals surface area contributed by atoms with Gasteiger partial charge in [0, 0.05) is 13.5 Å². The maximum absolute atomic E-state index is 12.1. The van der Waals surface area contributed by atoms with Crippen LogP contribution in [0.2, 0.25) is 0 Å². The molecule has 0 spiro atoms. The lowest BCUT2D eigenvalue weighted by molar-refractivity contribution is -0.164. The van der Waals surface area contributed by atoms with Crippen molar-refractivity contribution in [3.8, 4) is 0 Å². The Morgan fingerprint density at radius 1 is 1.20 bits per heavy atom. The van der Waals surface area contributed by atoms with Gasteiger partial charge in [-0.3, -0.25) is 4.79 Å². The lowest BCUT2D eigenvalue weighted by Gasteiger charge is -2.33. The number of carbonyl (C=O) groups is 2. The molecule has 0 heterocycles. The second kappa shape index (κ2) is 7.09. The topological polar surface area (TPSA) is 46.6 Å². The van der Waals surface area contributed by atoms with E-state index in [4.69, 9.17) is 4.74 Å². The van der Waals surface area contributed by atoms with Gasteiger partial charge in [-0.15, -0.1) is 0 Å². The molecule has 0 saturated heterocycles. The Bertz CT molecular complexity index is 340. The van der Waals surface area contributed by atoms with Gasteiger partial charge in [0.15, 0.2) is 0 Å². The van der Waals surface area contributed by atoms with E-state index in [1.807, 2.05) is 20.8 Å². The normalized spacial score (nSPS) is 18.4. The van der Waals surface area contributed by atoms with Crippen LogP contribution in [0.15, 0.2) is 0 Å². The fourth-order valence-corrected chi connectivity index (χ4v) is 2.72. The third-order valence-corrected chi connectivity index (χ3v) is 3.80. The Hall–Kier alpha value is -1.06. The average molecular weight is 283 g/mol. The molecule has 1 amide bonds. The number of hydrogen-bond acceptors (Lipinski definition) is 3. The molecular weight excluding hydrogens is 254 g/mol. The van der Waals surface area contributed by atoms with Crippen molar-refractivity contribution in [3.63, 3.8) is 0 Å². The van der Waals surface area contributed by atoms with Crippen molar-refractivity contribution >= 4 is 11.9 Å². The molecule has 1 rings (SSSR count). The first kappa shape index (κ1) is 17.0. The van der Waals surface area contributed by atoms with E-state index in [2.05, 4.69) is 0 Å². The Morgan fingerprint density at radius 3 is 2.20 bits per heavy atom. The number of hydrogen-bond donors (Lipinski definition) is 0. The summed E-state index contributed by atoms with van der Waals surface area (Å²) in [7, 11) is 0. The van der Waals surface area contributed by atoms with E-state index in [1.165, 1.54) is 26.2 Å². The van der Waals surface area contributed by atoms with E-state index < -0.39 is 11.6 Å². The molecule has 1 aliphatic carbocycles. The lowest BCUT2D eigenvalue weighted by Crippen LogP contribution is -2.47. The van der Waals surface area contributed by atoms with Gasteiger partial charge in [-0.2, -0.15) is 0 Å². The van der Waals surface area contributed by atoms with Crippen molar-refractivity contribution in [2.75, 3.05) is 6.54 Å².